The van der Waals surface area contributed by atoms with Crippen LogP contribution in [0.2, 0.25) is 0 Å². The predicted octanol–water partition coefficient (Wildman–Crippen LogP) is 4.48. The van der Waals surface area contributed by atoms with Crippen LogP contribution in [-0.4, -0.2) is 21.6 Å². The highest BCUT2D eigenvalue weighted by molar-refractivity contribution is 7.99. The molecule has 4 nitrogen and oxygen atoms in total. The molecule has 0 bridgehead atoms. The van der Waals surface area contributed by atoms with Crippen molar-refractivity contribution in [2.75, 3.05) is 7.05 Å². The molecule has 2 aromatic heterocycles. The lowest BCUT2D eigenvalue weighted by molar-refractivity contribution is 0.676. The van der Waals surface area contributed by atoms with Crippen molar-refractivity contribution >= 4 is 11.8 Å². The van der Waals surface area contributed by atoms with Gasteiger partial charge in [0.15, 0.2) is 0 Å². The lowest BCUT2D eigenvalue weighted by Gasteiger charge is -2.12. The maximum absolute atomic E-state index is 4.82. The van der Waals surface area contributed by atoms with Crippen LogP contribution in [0, 0.1) is 6.92 Å². The van der Waals surface area contributed by atoms with Gasteiger partial charge in [0.1, 0.15) is 10.9 Å². The van der Waals surface area contributed by atoms with Crippen LogP contribution >= 0.6 is 11.8 Å². The van der Waals surface area contributed by atoms with Crippen LogP contribution in [0.4, 0.5) is 0 Å². The van der Waals surface area contributed by atoms with Crippen molar-refractivity contribution in [1.29, 1.82) is 0 Å². The number of nitrogens with zero attached hydrogens (tertiary/aromatic N) is 3. The number of imidazole rings is 1. The maximum atomic E-state index is 4.82. The van der Waals surface area contributed by atoms with Crippen molar-refractivity contribution in [3.05, 3.63) is 71.9 Å². The molecule has 0 atom stereocenters. The molecule has 0 aliphatic heterocycles. The van der Waals surface area contributed by atoms with E-state index in [1.54, 1.807) is 11.8 Å². The topological polar surface area (TPSA) is 56.7 Å². The minimum Gasteiger partial charge on any atom is -0.333 e. The van der Waals surface area contributed by atoms with E-state index >= 15 is 0 Å². The average Bonchev–Trinajstić information content (AvgIpc) is 2.95. The van der Waals surface area contributed by atoms with Gasteiger partial charge in [0.25, 0.3) is 0 Å². The summed E-state index contributed by atoms with van der Waals surface area (Å²) in [5, 5.41) is 1.22. The number of hydrogen-bond acceptors (Lipinski definition) is 4. The summed E-state index contributed by atoms with van der Waals surface area (Å²) in [6, 6.07) is 16.5. The molecule has 3 rings (SSSR count). The van der Waals surface area contributed by atoms with Crippen LogP contribution < -0.4 is 5.73 Å². The van der Waals surface area contributed by atoms with E-state index in [1.807, 2.05) is 24.4 Å². The monoisotopic (exact) mass is 354 g/mol. The molecule has 2 N–H and O–H groups in total. The normalized spacial score (nSPS) is 10.5. The van der Waals surface area contributed by atoms with E-state index in [0.717, 1.165) is 23.8 Å². The quantitative estimate of drug-likeness (QED) is 0.734. The molecule has 0 unspecified atom stereocenters. The fourth-order valence-corrected chi connectivity index (χ4v) is 3.70. The number of pyridine rings is 1. The fraction of sp³-hybridized carbons (Fsp3) is 0.300. The molecule has 1 aromatic carbocycles. The SMILES string of the molecule is CN.Cc1nc(C(C)C)c(Sc2ccccc2)n1Cc1ccccn1. The van der Waals surface area contributed by atoms with Crippen molar-refractivity contribution in [3.63, 3.8) is 0 Å². The van der Waals surface area contributed by atoms with Gasteiger partial charge in [-0.05, 0) is 44.2 Å². The fourth-order valence-electron chi connectivity index (χ4n) is 2.49. The minimum atomic E-state index is 0.393. The van der Waals surface area contributed by atoms with Crippen LogP contribution in [0.25, 0.3) is 0 Å². The van der Waals surface area contributed by atoms with Gasteiger partial charge in [-0.1, -0.05) is 49.9 Å². The van der Waals surface area contributed by atoms with Gasteiger partial charge < -0.3 is 10.3 Å². The number of nitrogens with two attached hydrogens (primary N) is 1. The van der Waals surface area contributed by atoms with Gasteiger partial charge in [0.2, 0.25) is 0 Å². The van der Waals surface area contributed by atoms with Crippen molar-refractivity contribution in [2.24, 2.45) is 5.73 Å². The maximum Gasteiger partial charge on any atom is 0.107 e. The van der Waals surface area contributed by atoms with Gasteiger partial charge in [0.05, 0.1) is 17.9 Å². The van der Waals surface area contributed by atoms with Crippen LogP contribution in [0.15, 0.2) is 64.6 Å². The summed E-state index contributed by atoms with van der Waals surface area (Å²) in [6.45, 7) is 7.22. The molecule has 0 saturated carbocycles. The minimum absolute atomic E-state index is 0.393. The highest BCUT2D eigenvalue weighted by atomic mass is 32.2. The lowest BCUT2D eigenvalue weighted by Crippen LogP contribution is -2.05. The second kappa shape index (κ2) is 9.39. The Morgan fingerprint density at radius 3 is 2.32 bits per heavy atom. The Balaban J connectivity index is 0.00000109. The molecule has 3 aromatic rings. The zero-order chi connectivity index (χ0) is 18.2. The van der Waals surface area contributed by atoms with E-state index in [2.05, 4.69) is 66.4 Å². The zero-order valence-electron chi connectivity index (χ0n) is 15.3. The third-order valence-electron chi connectivity index (χ3n) is 3.69. The van der Waals surface area contributed by atoms with Crippen LogP contribution in [0.3, 0.4) is 0 Å². The lowest BCUT2D eigenvalue weighted by atomic mass is 10.1. The van der Waals surface area contributed by atoms with E-state index in [4.69, 9.17) is 4.98 Å². The van der Waals surface area contributed by atoms with Gasteiger partial charge in [-0.15, -0.1) is 0 Å². The van der Waals surface area contributed by atoms with Crippen molar-refractivity contribution in [3.8, 4) is 0 Å². The Kier molecular flexibility index (Phi) is 7.22. The first-order valence-electron chi connectivity index (χ1n) is 8.42. The molecule has 0 amide bonds. The summed E-state index contributed by atoms with van der Waals surface area (Å²) in [5.74, 6) is 1.43. The molecule has 0 aliphatic rings. The van der Waals surface area contributed by atoms with Crippen molar-refractivity contribution in [2.45, 2.75) is 43.2 Å². The molecular formula is C20H26N4S. The molecule has 0 saturated heterocycles. The standard InChI is InChI=1S/C19H21N3S.CH5N/c1-14(2)18-19(23-17-10-5-4-6-11-17)22(15(3)21-18)13-16-9-7-8-12-20-16;1-2/h4-12,14H,13H2,1-3H3;2H2,1H3. The number of rotatable bonds is 5. The van der Waals surface area contributed by atoms with Gasteiger partial charge >= 0.3 is 0 Å². The van der Waals surface area contributed by atoms with Crippen LogP contribution in [-0.2, 0) is 6.54 Å². The Morgan fingerprint density at radius 2 is 1.72 bits per heavy atom. The number of benzene rings is 1. The first-order chi connectivity index (χ1) is 12.1. The molecule has 0 aliphatic carbocycles. The van der Waals surface area contributed by atoms with Gasteiger partial charge in [-0.3, -0.25) is 4.98 Å². The van der Waals surface area contributed by atoms with Crippen LogP contribution in [0.1, 0.15) is 37.0 Å². The number of aryl methyl sites for hydroxylation is 1. The highest BCUT2D eigenvalue weighted by Crippen LogP contribution is 2.34. The molecule has 0 radical (unpaired) electrons. The average molecular weight is 355 g/mol. The molecule has 2 heterocycles. The van der Waals surface area contributed by atoms with Crippen molar-refractivity contribution in [1.82, 2.24) is 14.5 Å². The largest absolute Gasteiger partial charge is 0.333 e. The van der Waals surface area contributed by atoms with Crippen LogP contribution in [0.5, 0.6) is 0 Å². The summed E-state index contributed by atoms with van der Waals surface area (Å²) < 4.78 is 2.27. The Bertz CT molecular complexity index is 767. The number of hydrogen-bond donors (Lipinski definition) is 1. The summed E-state index contributed by atoms with van der Waals surface area (Å²) in [4.78, 5) is 10.5. The second-order valence-electron chi connectivity index (χ2n) is 5.83. The smallest absolute Gasteiger partial charge is 0.107 e. The summed E-state index contributed by atoms with van der Waals surface area (Å²) in [6.07, 6.45) is 1.84. The molecule has 132 valence electrons. The van der Waals surface area contributed by atoms with Gasteiger partial charge in [-0.2, -0.15) is 0 Å². The van der Waals surface area contributed by atoms with E-state index in [9.17, 15) is 0 Å². The van der Waals surface area contributed by atoms with Gasteiger partial charge in [-0.25, -0.2) is 4.98 Å². The third-order valence-corrected chi connectivity index (χ3v) is 4.82. The van der Waals surface area contributed by atoms with E-state index in [-0.39, 0.29) is 0 Å². The summed E-state index contributed by atoms with van der Waals surface area (Å²) >= 11 is 1.78. The highest BCUT2D eigenvalue weighted by Gasteiger charge is 2.18. The summed E-state index contributed by atoms with van der Waals surface area (Å²) in [5.41, 5.74) is 6.71. The second-order valence-corrected chi connectivity index (χ2v) is 6.89. The first-order valence-corrected chi connectivity index (χ1v) is 9.24. The predicted molar refractivity (Wildman–Crippen MR) is 105 cm³/mol. The molecule has 25 heavy (non-hydrogen) atoms. The number of aromatic nitrogens is 3. The van der Waals surface area contributed by atoms with E-state index < -0.39 is 0 Å². The molecule has 5 heteroatoms. The van der Waals surface area contributed by atoms with Crippen molar-refractivity contribution < 1.29 is 0 Å². The van der Waals surface area contributed by atoms with E-state index in [0.29, 0.717) is 5.92 Å². The Labute approximate surface area is 154 Å². The van der Waals surface area contributed by atoms with Gasteiger partial charge in [0, 0.05) is 11.1 Å². The zero-order valence-corrected chi connectivity index (χ0v) is 16.1. The third kappa shape index (κ3) is 4.94. The Hall–Kier alpha value is -2.11. The molecular weight excluding hydrogens is 328 g/mol. The first kappa shape index (κ1) is 19.2. The Morgan fingerprint density at radius 1 is 1.04 bits per heavy atom. The molecule has 0 fully saturated rings. The summed E-state index contributed by atoms with van der Waals surface area (Å²) in [7, 11) is 1.50. The molecule has 0 spiro atoms. The van der Waals surface area contributed by atoms with E-state index in [1.165, 1.54) is 17.0 Å².